The fourth-order valence-corrected chi connectivity index (χ4v) is 4.58. The third-order valence-electron chi connectivity index (χ3n) is 5.20. The zero-order valence-electron chi connectivity index (χ0n) is 18.6. The van der Waals surface area contributed by atoms with Crippen LogP contribution in [0.5, 0.6) is 11.5 Å². The molecule has 0 aromatic heterocycles. The Hall–Kier alpha value is -3.00. The van der Waals surface area contributed by atoms with Crippen molar-refractivity contribution in [2.75, 3.05) is 7.11 Å². The van der Waals surface area contributed by atoms with Crippen LogP contribution in [0, 0.1) is 24.2 Å². The number of nitro benzene ring substituents is 1. The van der Waals surface area contributed by atoms with Crippen LogP contribution in [0.2, 0.25) is 0 Å². The van der Waals surface area contributed by atoms with E-state index < -0.39 is 10.9 Å². The highest BCUT2D eigenvalue weighted by Gasteiger charge is 2.27. The molecule has 0 amide bonds. The number of aliphatic imine (C=N–C) groups is 1. The minimum atomic E-state index is -0.640. The first-order valence-corrected chi connectivity index (χ1v) is 12.4. The minimum absolute atomic E-state index is 0.0292. The molecule has 0 bridgehead atoms. The molecule has 3 aromatic rings. The van der Waals surface area contributed by atoms with Crippen molar-refractivity contribution in [3.05, 3.63) is 99.8 Å². The van der Waals surface area contributed by atoms with E-state index in [0.29, 0.717) is 34.8 Å². The van der Waals surface area contributed by atoms with Gasteiger partial charge >= 0.3 is 5.97 Å². The Morgan fingerprint density at radius 1 is 1.14 bits per heavy atom. The minimum Gasteiger partial charge on any atom is -0.493 e. The van der Waals surface area contributed by atoms with Crippen molar-refractivity contribution in [2.24, 2.45) is 4.99 Å². The Bertz CT molecular complexity index is 1380. The summed E-state index contributed by atoms with van der Waals surface area (Å²) in [5.41, 5.74) is 2.47. The number of ether oxygens (including phenoxy) is 3. The van der Waals surface area contributed by atoms with Gasteiger partial charge in [-0.2, -0.15) is 0 Å². The van der Waals surface area contributed by atoms with Crippen molar-refractivity contribution in [1.82, 2.24) is 0 Å². The van der Waals surface area contributed by atoms with E-state index in [1.165, 1.54) is 12.1 Å². The highest BCUT2D eigenvalue weighted by atomic mass is 127. The lowest BCUT2D eigenvalue weighted by molar-refractivity contribution is -0.385. The smallest absolute Gasteiger partial charge is 0.363 e. The number of esters is 1. The number of halogens is 2. The van der Waals surface area contributed by atoms with Crippen LogP contribution in [0.1, 0.15) is 22.3 Å². The van der Waals surface area contributed by atoms with Gasteiger partial charge in [-0.1, -0.05) is 18.2 Å². The normalized spacial score (nSPS) is 14.0. The molecule has 3 aromatic carbocycles. The first-order chi connectivity index (χ1) is 16.8. The van der Waals surface area contributed by atoms with Crippen molar-refractivity contribution in [3.63, 3.8) is 0 Å². The Morgan fingerprint density at radius 3 is 2.57 bits per heavy atom. The predicted molar refractivity (Wildman–Crippen MR) is 148 cm³/mol. The SMILES string of the molecule is COc1cc(/C=C2\N=C(c3cccc([N+](=O)[O-])c3C)OC2=O)cc(I)c1OCc1ccc(I)cc1. The summed E-state index contributed by atoms with van der Waals surface area (Å²) in [5, 5.41) is 11.2. The molecule has 1 aliphatic heterocycles. The lowest BCUT2D eigenvalue weighted by Gasteiger charge is -2.14. The number of carbonyl (C=O) groups excluding carboxylic acids is 1. The molecule has 0 fully saturated rings. The van der Waals surface area contributed by atoms with Crippen molar-refractivity contribution >= 4 is 68.8 Å². The third-order valence-corrected chi connectivity index (χ3v) is 6.72. The molecule has 4 rings (SSSR count). The first-order valence-electron chi connectivity index (χ1n) is 10.3. The van der Waals surface area contributed by atoms with Gasteiger partial charge in [0.15, 0.2) is 17.2 Å². The Kier molecular flexibility index (Phi) is 7.69. The largest absolute Gasteiger partial charge is 0.493 e. The molecule has 0 unspecified atom stereocenters. The summed E-state index contributed by atoms with van der Waals surface area (Å²) in [5.74, 6) is 0.499. The molecule has 0 saturated heterocycles. The lowest BCUT2D eigenvalue weighted by atomic mass is 10.1. The number of carbonyl (C=O) groups is 1. The van der Waals surface area contributed by atoms with Gasteiger partial charge in [0.05, 0.1) is 15.6 Å². The van der Waals surface area contributed by atoms with E-state index in [9.17, 15) is 14.9 Å². The average molecular weight is 696 g/mol. The second-order valence-corrected chi connectivity index (χ2v) is 9.90. The molecule has 1 heterocycles. The Labute approximate surface area is 228 Å². The van der Waals surface area contributed by atoms with Gasteiger partial charge in [-0.15, -0.1) is 0 Å². The second-order valence-electron chi connectivity index (χ2n) is 7.49. The van der Waals surface area contributed by atoms with E-state index in [2.05, 4.69) is 50.2 Å². The summed E-state index contributed by atoms with van der Waals surface area (Å²) in [6, 6.07) is 16.2. The maximum absolute atomic E-state index is 12.5. The predicted octanol–water partition coefficient (Wildman–Crippen LogP) is 6.04. The van der Waals surface area contributed by atoms with Crippen molar-refractivity contribution in [1.29, 1.82) is 0 Å². The van der Waals surface area contributed by atoms with Crippen molar-refractivity contribution < 1.29 is 23.9 Å². The van der Waals surface area contributed by atoms with Gasteiger partial charge in [-0.3, -0.25) is 10.1 Å². The van der Waals surface area contributed by atoms with E-state index in [-0.39, 0.29) is 17.3 Å². The van der Waals surface area contributed by atoms with Crippen LogP contribution in [0.25, 0.3) is 6.08 Å². The van der Waals surface area contributed by atoms with Crippen LogP contribution >= 0.6 is 45.2 Å². The molecule has 1 aliphatic rings. The monoisotopic (exact) mass is 696 g/mol. The maximum Gasteiger partial charge on any atom is 0.363 e. The standard InChI is InChI=1S/C25H18I2N2O6/c1-14-18(4-3-5-21(14)29(31)32)24-28-20(25(30)35-24)11-16-10-19(27)23(22(12-16)33-2)34-13-15-6-8-17(26)9-7-15/h3-12H,13H2,1-2H3/b20-11-. The van der Waals surface area contributed by atoms with E-state index >= 15 is 0 Å². The summed E-state index contributed by atoms with van der Waals surface area (Å²) < 4.78 is 18.8. The number of nitro groups is 1. The average Bonchev–Trinajstić information content (AvgIpc) is 3.18. The van der Waals surface area contributed by atoms with Crippen molar-refractivity contribution in [2.45, 2.75) is 13.5 Å². The number of methoxy groups -OCH3 is 1. The molecule has 10 heteroatoms. The van der Waals surface area contributed by atoms with Gasteiger partial charge in [0.1, 0.15) is 6.61 Å². The van der Waals surface area contributed by atoms with Gasteiger partial charge in [-0.25, -0.2) is 9.79 Å². The van der Waals surface area contributed by atoms with Crippen LogP contribution < -0.4 is 9.47 Å². The number of hydrogen-bond acceptors (Lipinski definition) is 7. The maximum atomic E-state index is 12.5. The number of benzene rings is 3. The molecule has 0 atom stereocenters. The number of cyclic esters (lactones) is 1. The third kappa shape index (κ3) is 5.64. The van der Waals surface area contributed by atoms with Crippen LogP contribution in [0.4, 0.5) is 5.69 Å². The summed E-state index contributed by atoms with van der Waals surface area (Å²) in [6.07, 6.45) is 1.58. The molecule has 0 N–H and O–H groups in total. The van der Waals surface area contributed by atoms with E-state index in [1.54, 1.807) is 32.2 Å². The zero-order valence-corrected chi connectivity index (χ0v) is 22.9. The van der Waals surface area contributed by atoms with Gasteiger partial charge in [0.2, 0.25) is 5.90 Å². The zero-order chi connectivity index (χ0) is 25.1. The summed E-state index contributed by atoms with van der Waals surface area (Å²) in [6.45, 7) is 1.97. The highest BCUT2D eigenvalue weighted by molar-refractivity contribution is 14.1. The van der Waals surface area contributed by atoms with Crippen LogP contribution in [-0.4, -0.2) is 23.9 Å². The molecule has 178 valence electrons. The molecule has 0 aliphatic carbocycles. The van der Waals surface area contributed by atoms with Crippen LogP contribution in [0.15, 0.2) is 65.3 Å². The number of rotatable bonds is 7. The van der Waals surface area contributed by atoms with Gasteiger partial charge < -0.3 is 14.2 Å². The fourth-order valence-electron chi connectivity index (χ4n) is 3.43. The Balaban J connectivity index is 1.61. The van der Waals surface area contributed by atoms with Gasteiger partial charge in [0.25, 0.3) is 5.69 Å². The lowest BCUT2D eigenvalue weighted by Crippen LogP contribution is -2.08. The fraction of sp³-hybridized carbons (Fsp3) is 0.120. The summed E-state index contributed by atoms with van der Waals surface area (Å²) >= 11 is 4.40. The van der Waals surface area contributed by atoms with E-state index in [4.69, 9.17) is 14.2 Å². The van der Waals surface area contributed by atoms with Crippen LogP contribution in [-0.2, 0) is 16.1 Å². The molecule has 35 heavy (non-hydrogen) atoms. The number of hydrogen-bond donors (Lipinski definition) is 0. The number of nitrogens with zero attached hydrogens (tertiary/aromatic N) is 2. The molecule has 0 spiro atoms. The van der Waals surface area contributed by atoms with E-state index in [0.717, 1.165) is 12.7 Å². The summed E-state index contributed by atoms with van der Waals surface area (Å²) in [7, 11) is 1.55. The molecule has 0 saturated carbocycles. The first kappa shape index (κ1) is 25.1. The Morgan fingerprint density at radius 2 is 1.89 bits per heavy atom. The van der Waals surface area contributed by atoms with Crippen LogP contribution in [0.3, 0.4) is 0 Å². The molecular formula is C25H18I2N2O6. The summed E-state index contributed by atoms with van der Waals surface area (Å²) in [4.78, 5) is 27.5. The van der Waals surface area contributed by atoms with E-state index in [1.807, 2.05) is 30.3 Å². The highest BCUT2D eigenvalue weighted by Crippen LogP contribution is 2.36. The van der Waals surface area contributed by atoms with Crippen molar-refractivity contribution in [3.8, 4) is 11.5 Å². The quantitative estimate of drug-likeness (QED) is 0.0982. The van der Waals surface area contributed by atoms with Gasteiger partial charge in [0, 0.05) is 20.8 Å². The molecular weight excluding hydrogens is 678 g/mol. The van der Waals surface area contributed by atoms with Gasteiger partial charge in [-0.05, 0) is 99.6 Å². The topological polar surface area (TPSA) is 100 Å². The second kappa shape index (κ2) is 10.7. The molecule has 0 radical (unpaired) electrons. The molecule has 8 nitrogen and oxygen atoms in total.